The molecule has 1 unspecified atom stereocenters. The zero-order valence-electron chi connectivity index (χ0n) is 15.9. The highest BCUT2D eigenvalue weighted by Gasteiger charge is 2.34. The Kier molecular flexibility index (Phi) is 5.27. The van der Waals surface area contributed by atoms with Gasteiger partial charge >= 0.3 is 5.97 Å². The van der Waals surface area contributed by atoms with Crippen LogP contribution in [0.5, 0.6) is 0 Å². The van der Waals surface area contributed by atoms with Crippen LogP contribution >= 0.6 is 0 Å². The Balaban J connectivity index is 1.51. The molecule has 1 saturated carbocycles. The topological polar surface area (TPSA) is 61.6 Å². The summed E-state index contributed by atoms with van der Waals surface area (Å²) in [6.45, 7) is 3.47. The first-order chi connectivity index (χ1) is 13.1. The van der Waals surface area contributed by atoms with Crippen molar-refractivity contribution in [3.8, 4) is 11.4 Å². The molecule has 1 aromatic heterocycles. The summed E-state index contributed by atoms with van der Waals surface area (Å²) < 4.78 is 1.93. The Morgan fingerprint density at radius 1 is 1.11 bits per heavy atom. The van der Waals surface area contributed by atoms with E-state index in [1.165, 1.54) is 25.7 Å². The van der Waals surface area contributed by atoms with Crippen molar-refractivity contribution in [2.24, 2.45) is 7.05 Å². The van der Waals surface area contributed by atoms with Gasteiger partial charge in [0.05, 0.1) is 5.69 Å². The Hall–Kier alpha value is -2.18. The molecule has 0 radical (unpaired) electrons. The minimum Gasteiger partial charge on any atom is -0.480 e. The molecule has 2 heterocycles. The number of piperazine rings is 1. The number of aliphatic carboxylic acids is 1. The Morgan fingerprint density at radius 2 is 1.78 bits per heavy atom. The van der Waals surface area contributed by atoms with Gasteiger partial charge in [-0.1, -0.05) is 43.2 Å². The molecule has 2 fully saturated rings. The number of carboxylic acids is 1. The van der Waals surface area contributed by atoms with Crippen LogP contribution < -0.4 is 0 Å². The van der Waals surface area contributed by atoms with Crippen LogP contribution in [0.15, 0.2) is 36.5 Å². The predicted molar refractivity (Wildman–Crippen MR) is 104 cm³/mol. The van der Waals surface area contributed by atoms with E-state index in [0.717, 1.165) is 37.6 Å². The van der Waals surface area contributed by atoms with Gasteiger partial charge in [0.1, 0.15) is 5.82 Å². The third kappa shape index (κ3) is 3.77. The van der Waals surface area contributed by atoms with E-state index < -0.39 is 12.0 Å². The summed E-state index contributed by atoms with van der Waals surface area (Å²) >= 11 is 0. The van der Waals surface area contributed by atoms with Gasteiger partial charge in [0, 0.05) is 51.0 Å². The van der Waals surface area contributed by atoms with Gasteiger partial charge < -0.3 is 9.67 Å². The van der Waals surface area contributed by atoms with Crippen molar-refractivity contribution in [2.75, 3.05) is 26.2 Å². The third-order valence-electron chi connectivity index (χ3n) is 6.00. The van der Waals surface area contributed by atoms with E-state index in [1.807, 2.05) is 48.1 Å². The minimum atomic E-state index is -0.818. The molecular weight excluding hydrogens is 340 g/mol. The quantitative estimate of drug-likeness (QED) is 0.879. The highest BCUT2D eigenvalue weighted by Crippen LogP contribution is 2.28. The molecule has 1 aliphatic heterocycles. The number of aromatic nitrogens is 2. The first-order valence-electron chi connectivity index (χ1n) is 9.93. The fourth-order valence-corrected chi connectivity index (χ4v) is 4.58. The molecule has 1 aliphatic carbocycles. The molecule has 27 heavy (non-hydrogen) atoms. The molecule has 2 aromatic rings. The van der Waals surface area contributed by atoms with Crippen LogP contribution in [0, 0.1) is 0 Å². The Morgan fingerprint density at radius 3 is 2.41 bits per heavy atom. The molecule has 1 N–H and O–H groups in total. The van der Waals surface area contributed by atoms with Crippen molar-refractivity contribution in [3.05, 3.63) is 42.2 Å². The maximum atomic E-state index is 12.1. The van der Waals surface area contributed by atoms with E-state index in [4.69, 9.17) is 4.98 Å². The minimum absolute atomic E-state index is 0.623. The maximum absolute atomic E-state index is 12.1. The first-order valence-corrected chi connectivity index (χ1v) is 9.93. The smallest absolute Gasteiger partial charge is 0.327 e. The van der Waals surface area contributed by atoms with Crippen LogP contribution in [0.4, 0.5) is 0 Å². The van der Waals surface area contributed by atoms with Gasteiger partial charge in [0.2, 0.25) is 0 Å². The number of benzene rings is 1. The molecule has 0 bridgehead atoms. The number of hydrogen-bond donors (Lipinski definition) is 1. The number of rotatable bonds is 5. The third-order valence-corrected chi connectivity index (χ3v) is 6.00. The summed E-state index contributed by atoms with van der Waals surface area (Å²) in [5.41, 5.74) is 1.62. The molecule has 1 aromatic carbocycles. The Bertz CT molecular complexity index is 775. The average Bonchev–Trinajstić information content (AvgIpc) is 3.33. The molecule has 6 nitrogen and oxygen atoms in total. The van der Waals surface area contributed by atoms with Gasteiger partial charge in [-0.05, 0) is 12.8 Å². The average molecular weight is 368 g/mol. The van der Waals surface area contributed by atoms with Gasteiger partial charge in [-0.25, -0.2) is 4.98 Å². The molecule has 6 heteroatoms. The molecule has 144 valence electrons. The van der Waals surface area contributed by atoms with Crippen molar-refractivity contribution in [1.82, 2.24) is 19.4 Å². The highest BCUT2D eigenvalue weighted by atomic mass is 16.4. The summed E-state index contributed by atoms with van der Waals surface area (Å²) in [6.07, 6.45) is 7.12. The van der Waals surface area contributed by atoms with Crippen LogP contribution in [0.3, 0.4) is 0 Å². The number of carboxylic acid groups (broad SMARTS) is 1. The van der Waals surface area contributed by atoms with E-state index in [-0.39, 0.29) is 0 Å². The number of aryl methyl sites for hydroxylation is 1. The largest absolute Gasteiger partial charge is 0.480 e. The Labute approximate surface area is 160 Å². The maximum Gasteiger partial charge on any atom is 0.327 e. The van der Waals surface area contributed by atoms with E-state index in [9.17, 15) is 9.90 Å². The van der Waals surface area contributed by atoms with E-state index in [1.54, 1.807) is 0 Å². The summed E-state index contributed by atoms with van der Waals surface area (Å²) in [6, 6.07) is 9.94. The number of hydrogen-bond acceptors (Lipinski definition) is 4. The second kappa shape index (κ2) is 7.82. The van der Waals surface area contributed by atoms with E-state index in [2.05, 4.69) is 9.80 Å². The van der Waals surface area contributed by atoms with Crippen molar-refractivity contribution in [3.63, 3.8) is 0 Å². The fourth-order valence-electron chi connectivity index (χ4n) is 4.58. The van der Waals surface area contributed by atoms with Crippen LogP contribution in [-0.2, 0) is 11.8 Å². The number of nitrogens with zero attached hydrogens (tertiary/aromatic N) is 4. The van der Waals surface area contributed by atoms with Crippen molar-refractivity contribution in [2.45, 2.75) is 37.8 Å². The van der Waals surface area contributed by atoms with Gasteiger partial charge in [-0.15, -0.1) is 0 Å². The van der Waals surface area contributed by atoms with Crippen LogP contribution in [0.25, 0.3) is 11.4 Å². The molecule has 1 saturated heterocycles. The lowest BCUT2D eigenvalue weighted by molar-refractivity contribution is -0.144. The number of carbonyl (C=O) groups is 1. The van der Waals surface area contributed by atoms with Gasteiger partial charge in [0.25, 0.3) is 0 Å². The van der Waals surface area contributed by atoms with Crippen molar-refractivity contribution >= 4 is 5.97 Å². The van der Waals surface area contributed by atoms with E-state index in [0.29, 0.717) is 11.7 Å². The van der Waals surface area contributed by atoms with Crippen LogP contribution in [0.2, 0.25) is 0 Å². The molecular formula is C21H28N4O2. The summed E-state index contributed by atoms with van der Waals surface area (Å²) in [5.74, 6) is -0.0107. The second-order valence-electron chi connectivity index (χ2n) is 7.72. The lowest BCUT2D eigenvalue weighted by Gasteiger charge is -2.39. The van der Waals surface area contributed by atoms with Crippen molar-refractivity contribution in [1.29, 1.82) is 0 Å². The second-order valence-corrected chi connectivity index (χ2v) is 7.72. The standard InChI is InChI=1S/C21H28N4O2/c1-23-15-18(22-20(23)16-7-3-2-4-8-16)19(21(26)27)25-13-11-24(12-14-25)17-9-5-6-10-17/h2-4,7-8,15,17,19H,5-6,9-14H2,1H3,(H,26,27). The molecule has 0 amide bonds. The monoisotopic (exact) mass is 368 g/mol. The normalized spacial score (nSPS) is 20.8. The lowest BCUT2D eigenvalue weighted by Crippen LogP contribution is -2.51. The number of imidazole rings is 1. The molecule has 4 rings (SSSR count). The van der Waals surface area contributed by atoms with Gasteiger partial charge in [-0.2, -0.15) is 0 Å². The highest BCUT2D eigenvalue weighted by molar-refractivity contribution is 5.75. The fraction of sp³-hybridized carbons (Fsp3) is 0.524. The van der Waals surface area contributed by atoms with Gasteiger partial charge in [0.15, 0.2) is 6.04 Å². The summed E-state index contributed by atoms with van der Waals surface area (Å²) in [7, 11) is 1.93. The predicted octanol–water partition coefficient (Wildman–Crippen LogP) is 2.77. The van der Waals surface area contributed by atoms with E-state index >= 15 is 0 Å². The summed E-state index contributed by atoms with van der Waals surface area (Å²) in [5, 5.41) is 9.92. The summed E-state index contributed by atoms with van der Waals surface area (Å²) in [4.78, 5) is 21.4. The zero-order valence-corrected chi connectivity index (χ0v) is 15.9. The van der Waals surface area contributed by atoms with Gasteiger partial charge in [-0.3, -0.25) is 14.6 Å². The van der Waals surface area contributed by atoms with Crippen molar-refractivity contribution < 1.29 is 9.90 Å². The van der Waals surface area contributed by atoms with Crippen LogP contribution in [-0.4, -0.2) is 62.6 Å². The molecule has 0 spiro atoms. The first kappa shape index (κ1) is 18.2. The zero-order chi connectivity index (χ0) is 18.8. The molecule has 1 atom stereocenters. The molecule has 2 aliphatic rings. The lowest BCUT2D eigenvalue weighted by atomic mass is 10.1. The SMILES string of the molecule is Cn1cc(C(C(=O)O)N2CCN(C3CCCC3)CC2)nc1-c1ccccc1. The van der Waals surface area contributed by atoms with Crippen LogP contribution in [0.1, 0.15) is 37.4 Å².